The van der Waals surface area contributed by atoms with Gasteiger partial charge in [0.1, 0.15) is 12.1 Å². The van der Waals surface area contributed by atoms with E-state index in [9.17, 15) is 14.4 Å². The first-order valence-corrected chi connectivity index (χ1v) is 5.41. The van der Waals surface area contributed by atoms with Gasteiger partial charge in [0.15, 0.2) is 0 Å². The molecule has 1 saturated heterocycles. The zero-order valence-corrected chi connectivity index (χ0v) is 9.93. The summed E-state index contributed by atoms with van der Waals surface area (Å²) in [6.45, 7) is 2.02. The maximum absolute atomic E-state index is 12.0. The summed E-state index contributed by atoms with van der Waals surface area (Å²) < 4.78 is 4.63. The number of nitrogens with two attached hydrogens (primary N) is 1. The van der Waals surface area contributed by atoms with Crippen molar-refractivity contribution in [2.24, 2.45) is 5.73 Å². The van der Waals surface area contributed by atoms with E-state index in [1.54, 1.807) is 0 Å². The predicted octanol–water partition coefficient (Wildman–Crippen LogP) is -0.793. The number of hydrogen-bond acceptors (Lipinski definition) is 4. The van der Waals surface area contributed by atoms with Crippen LogP contribution in [0, 0.1) is 0 Å². The number of rotatable bonds is 3. The summed E-state index contributed by atoms with van der Waals surface area (Å²) in [5.41, 5.74) is 4.94. The number of amides is 3. The lowest BCUT2D eigenvalue weighted by Gasteiger charge is -2.25. The summed E-state index contributed by atoms with van der Waals surface area (Å²) in [6, 6.07) is -2.05. The lowest BCUT2D eigenvalue weighted by molar-refractivity contribution is -0.151. The van der Waals surface area contributed by atoms with Crippen LogP contribution >= 0.6 is 0 Å². The molecule has 1 rings (SSSR count). The van der Waals surface area contributed by atoms with Crippen LogP contribution in [0.25, 0.3) is 0 Å². The maximum atomic E-state index is 12.0. The highest BCUT2D eigenvalue weighted by Gasteiger charge is 2.36. The van der Waals surface area contributed by atoms with Crippen LogP contribution in [0.2, 0.25) is 0 Å². The molecule has 2 unspecified atom stereocenters. The van der Waals surface area contributed by atoms with E-state index in [-0.39, 0.29) is 5.91 Å². The van der Waals surface area contributed by atoms with Crippen LogP contribution in [-0.4, -0.2) is 48.5 Å². The Hall–Kier alpha value is -1.79. The molecular weight excluding hydrogens is 226 g/mol. The molecule has 0 aromatic carbocycles. The van der Waals surface area contributed by atoms with Crippen LogP contribution < -0.4 is 11.1 Å². The molecule has 3 amide bonds. The molecule has 0 bridgehead atoms. The van der Waals surface area contributed by atoms with Crippen molar-refractivity contribution in [2.75, 3.05) is 13.7 Å². The van der Waals surface area contributed by atoms with Gasteiger partial charge in [-0.15, -0.1) is 0 Å². The van der Waals surface area contributed by atoms with E-state index < -0.39 is 24.1 Å². The van der Waals surface area contributed by atoms with Gasteiger partial charge in [-0.25, -0.2) is 9.59 Å². The number of esters is 1. The first-order valence-electron chi connectivity index (χ1n) is 5.41. The molecular formula is C10H17N3O4. The first kappa shape index (κ1) is 13.3. The third-order valence-corrected chi connectivity index (χ3v) is 2.74. The minimum absolute atomic E-state index is 0.322. The molecule has 1 aliphatic heterocycles. The van der Waals surface area contributed by atoms with Crippen LogP contribution in [0.5, 0.6) is 0 Å². The SMILES string of the molecule is COC(=O)C1CCCN1C(=O)C(C)NC(N)=O. The second kappa shape index (κ2) is 5.51. The molecule has 96 valence electrons. The fourth-order valence-electron chi connectivity index (χ4n) is 1.94. The molecule has 1 heterocycles. The number of primary amides is 1. The normalized spacial score (nSPS) is 20.8. The number of likely N-dealkylation sites (tertiary alicyclic amines) is 1. The van der Waals surface area contributed by atoms with E-state index in [1.165, 1.54) is 18.9 Å². The summed E-state index contributed by atoms with van der Waals surface area (Å²) in [7, 11) is 1.29. The smallest absolute Gasteiger partial charge is 0.328 e. The van der Waals surface area contributed by atoms with Gasteiger partial charge in [-0.2, -0.15) is 0 Å². The molecule has 0 aromatic rings. The van der Waals surface area contributed by atoms with E-state index in [1.807, 2.05) is 0 Å². The summed E-state index contributed by atoms with van der Waals surface area (Å²) in [5.74, 6) is -0.751. The Morgan fingerprint density at radius 1 is 1.47 bits per heavy atom. The molecule has 0 aliphatic carbocycles. The van der Waals surface area contributed by atoms with Crippen molar-refractivity contribution >= 4 is 17.9 Å². The van der Waals surface area contributed by atoms with Crippen molar-refractivity contribution in [1.82, 2.24) is 10.2 Å². The predicted molar refractivity (Wildman–Crippen MR) is 58.9 cm³/mol. The largest absolute Gasteiger partial charge is 0.467 e. The highest BCUT2D eigenvalue weighted by molar-refractivity contribution is 5.90. The van der Waals surface area contributed by atoms with Crippen molar-refractivity contribution in [3.8, 4) is 0 Å². The Kier molecular flexibility index (Phi) is 4.30. The molecule has 1 fully saturated rings. The topological polar surface area (TPSA) is 102 Å². The van der Waals surface area contributed by atoms with Crippen molar-refractivity contribution in [2.45, 2.75) is 31.8 Å². The van der Waals surface area contributed by atoms with Gasteiger partial charge in [-0.3, -0.25) is 4.79 Å². The third kappa shape index (κ3) is 3.08. The van der Waals surface area contributed by atoms with Crippen LogP contribution in [0.15, 0.2) is 0 Å². The van der Waals surface area contributed by atoms with E-state index in [0.717, 1.165) is 6.42 Å². The van der Waals surface area contributed by atoms with Gasteiger partial charge in [0.05, 0.1) is 7.11 Å². The zero-order chi connectivity index (χ0) is 13.0. The number of carbonyl (C=O) groups excluding carboxylic acids is 3. The average Bonchev–Trinajstić information content (AvgIpc) is 2.74. The highest BCUT2D eigenvalue weighted by Crippen LogP contribution is 2.19. The van der Waals surface area contributed by atoms with Gasteiger partial charge in [0.2, 0.25) is 5.91 Å². The minimum Gasteiger partial charge on any atom is -0.467 e. The number of nitrogens with zero attached hydrogens (tertiary/aromatic N) is 1. The lowest BCUT2D eigenvalue weighted by Crippen LogP contribution is -2.51. The van der Waals surface area contributed by atoms with E-state index in [2.05, 4.69) is 10.1 Å². The Morgan fingerprint density at radius 3 is 2.65 bits per heavy atom. The van der Waals surface area contributed by atoms with Gasteiger partial charge in [-0.05, 0) is 19.8 Å². The highest BCUT2D eigenvalue weighted by atomic mass is 16.5. The van der Waals surface area contributed by atoms with Gasteiger partial charge in [0.25, 0.3) is 0 Å². The summed E-state index contributed by atoms with van der Waals surface area (Å²) in [6.07, 6.45) is 1.33. The third-order valence-electron chi connectivity index (χ3n) is 2.74. The zero-order valence-electron chi connectivity index (χ0n) is 9.93. The fraction of sp³-hybridized carbons (Fsp3) is 0.700. The van der Waals surface area contributed by atoms with Crippen LogP contribution in [-0.2, 0) is 14.3 Å². The van der Waals surface area contributed by atoms with Gasteiger partial charge < -0.3 is 20.7 Å². The molecule has 0 saturated carbocycles. The second-order valence-corrected chi connectivity index (χ2v) is 3.94. The fourth-order valence-corrected chi connectivity index (χ4v) is 1.94. The lowest BCUT2D eigenvalue weighted by atomic mass is 10.2. The quantitative estimate of drug-likeness (QED) is 0.634. The molecule has 2 atom stereocenters. The molecule has 0 spiro atoms. The van der Waals surface area contributed by atoms with Gasteiger partial charge in [-0.1, -0.05) is 0 Å². The number of methoxy groups -OCH3 is 1. The number of hydrogen-bond donors (Lipinski definition) is 2. The summed E-state index contributed by atoms with van der Waals surface area (Å²) >= 11 is 0. The monoisotopic (exact) mass is 243 g/mol. The van der Waals surface area contributed by atoms with Gasteiger partial charge >= 0.3 is 12.0 Å². The molecule has 0 aromatic heterocycles. The van der Waals surface area contributed by atoms with Crippen molar-refractivity contribution in [3.05, 3.63) is 0 Å². The first-order chi connectivity index (χ1) is 7.97. The molecule has 1 aliphatic rings. The summed E-state index contributed by atoms with van der Waals surface area (Å²) in [5, 5.41) is 2.29. The number of nitrogens with one attached hydrogen (secondary N) is 1. The molecule has 7 nitrogen and oxygen atoms in total. The van der Waals surface area contributed by atoms with Crippen molar-refractivity contribution in [1.29, 1.82) is 0 Å². The van der Waals surface area contributed by atoms with Crippen LogP contribution in [0.3, 0.4) is 0 Å². The van der Waals surface area contributed by atoms with Gasteiger partial charge in [0, 0.05) is 6.54 Å². The molecule has 3 N–H and O–H groups in total. The molecule has 17 heavy (non-hydrogen) atoms. The maximum Gasteiger partial charge on any atom is 0.328 e. The van der Waals surface area contributed by atoms with Crippen LogP contribution in [0.4, 0.5) is 4.79 Å². The molecule has 0 radical (unpaired) electrons. The van der Waals surface area contributed by atoms with Crippen LogP contribution in [0.1, 0.15) is 19.8 Å². The Balaban J connectivity index is 2.67. The molecule has 7 heteroatoms. The standard InChI is InChI=1S/C10H17N3O4/c1-6(12-10(11)16)8(14)13-5-3-4-7(13)9(15)17-2/h6-7H,3-5H2,1-2H3,(H3,11,12,16). The Morgan fingerprint density at radius 2 is 2.12 bits per heavy atom. The second-order valence-electron chi connectivity index (χ2n) is 3.94. The number of ether oxygens (including phenoxy) is 1. The number of urea groups is 1. The minimum atomic E-state index is -0.764. The number of carbonyl (C=O) groups is 3. The average molecular weight is 243 g/mol. The van der Waals surface area contributed by atoms with E-state index >= 15 is 0 Å². The van der Waals surface area contributed by atoms with E-state index in [0.29, 0.717) is 13.0 Å². The van der Waals surface area contributed by atoms with Crippen molar-refractivity contribution < 1.29 is 19.1 Å². The Bertz CT molecular complexity index is 332. The summed E-state index contributed by atoms with van der Waals surface area (Å²) in [4.78, 5) is 35.5. The Labute approximate surface area is 99.3 Å². The van der Waals surface area contributed by atoms with E-state index in [4.69, 9.17) is 5.73 Å². The van der Waals surface area contributed by atoms with Crippen molar-refractivity contribution in [3.63, 3.8) is 0 Å².